The van der Waals surface area contributed by atoms with Crippen molar-refractivity contribution < 1.29 is 0 Å². The largest absolute Gasteiger partial charge is 0.370 e. The molecule has 3 heterocycles. The Hall–Kier alpha value is -3.32. The van der Waals surface area contributed by atoms with E-state index in [2.05, 4.69) is 20.4 Å². The molecule has 134 valence electrons. The van der Waals surface area contributed by atoms with Gasteiger partial charge in [-0.2, -0.15) is 5.10 Å². The van der Waals surface area contributed by atoms with Crippen LogP contribution in [0.5, 0.6) is 0 Å². The molecule has 7 nitrogen and oxygen atoms in total. The SMILES string of the molecule is Cc1nn(-c2ccccc2)c(Cl)c1[C@H]1N=C(N)Nc2nc3ccccc3n21. The molecule has 0 radical (unpaired) electrons. The van der Waals surface area contributed by atoms with Crippen LogP contribution in [0.4, 0.5) is 5.95 Å². The minimum absolute atomic E-state index is 0.297. The third-order valence-corrected chi connectivity index (χ3v) is 5.01. The van der Waals surface area contributed by atoms with Crippen LogP contribution in [0.3, 0.4) is 0 Å². The molecular formula is C19H16ClN7. The van der Waals surface area contributed by atoms with Gasteiger partial charge in [0.1, 0.15) is 5.15 Å². The summed E-state index contributed by atoms with van der Waals surface area (Å²) < 4.78 is 3.72. The number of para-hydroxylation sites is 3. The van der Waals surface area contributed by atoms with Gasteiger partial charge in [0.2, 0.25) is 5.95 Å². The van der Waals surface area contributed by atoms with Crippen LogP contribution in [-0.4, -0.2) is 25.3 Å². The first-order valence-corrected chi connectivity index (χ1v) is 8.89. The molecular weight excluding hydrogens is 362 g/mol. The van der Waals surface area contributed by atoms with Crippen molar-refractivity contribution in [2.45, 2.75) is 13.1 Å². The smallest absolute Gasteiger partial charge is 0.212 e. The lowest BCUT2D eigenvalue weighted by molar-refractivity contribution is 0.623. The van der Waals surface area contributed by atoms with Gasteiger partial charge in [-0.1, -0.05) is 41.9 Å². The minimum Gasteiger partial charge on any atom is -0.370 e. The molecule has 0 saturated carbocycles. The summed E-state index contributed by atoms with van der Waals surface area (Å²) in [5.74, 6) is 0.933. The molecule has 1 aliphatic rings. The number of halogens is 1. The number of aliphatic imine (C=N–C) groups is 1. The number of imidazole rings is 1. The summed E-state index contributed by atoms with van der Waals surface area (Å²) in [6.07, 6.45) is -0.446. The highest BCUT2D eigenvalue weighted by Gasteiger charge is 2.30. The third kappa shape index (κ3) is 2.39. The maximum absolute atomic E-state index is 6.77. The van der Waals surface area contributed by atoms with E-state index in [0.717, 1.165) is 28.0 Å². The van der Waals surface area contributed by atoms with Crippen LogP contribution in [0, 0.1) is 6.92 Å². The molecule has 0 saturated heterocycles. The van der Waals surface area contributed by atoms with Crippen molar-refractivity contribution in [3.63, 3.8) is 0 Å². The number of benzene rings is 2. The lowest BCUT2D eigenvalue weighted by Crippen LogP contribution is -2.31. The highest BCUT2D eigenvalue weighted by Crippen LogP contribution is 2.37. The maximum Gasteiger partial charge on any atom is 0.212 e. The van der Waals surface area contributed by atoms with Crippen molar-refractivity contribution in [3.8, 4) is 5.69 Å². The molecule has 2 aromatic heterocycles. The van der Waals surface area contributed by atoms with Crippen LogP contribution in [-0.2, 0) is 0 Å². The van der Waals surface area contributed by atoms with E-state index in [9.17, 15) is 0 Å². The van der Waals surface area contributed by atoms with Gasteiger partial charge in [0.25, 0.3) is 0 Å². The molecule has 0 spiro atoms. The van der Waals surface area contributed by atoms with Gasteiger partial charge in [-0.25, -0.2) is 14.7 Å². The third-order valence-electron chi connectivity index (χ3n) is 4.65. The first-order valence-electron chi connectivity index (χ1n) is 8.51. The van der Waals surface area contributed by atoms with Gasteiger partial charge in [0, 0.05) is 0 Å². The number of aromatic nitrogens is 4. The Balaban J connectivity index is 1.74. The van der Waals surface area contributed by atoms with Crippen molar-refractivity contribution in [2.24, 2.45) is 10.7 Å². The summed E-state index contributed by atoms with van der Waals surface area (Å²) in [4.78, 5) is 9.24. The van der Waals surface area contributed by atoms with Crippen molar-refractivity contribution in [3.05, 3.63) is 71.0 Å². The normalized spacial score (nSPS) is 16.1. The molecule has 1 aliphatic heterocycles. The monoisotopic (exact) mass is 377 g/mol. The number of aryl methyl sites for hydroxylation is 1. The van der Waals surface area contributed by atoms with E-state index in [4.69, 9.17) is 17.3 Å². The van der Waals surface area contributed by atoms with Crippen LogP contribution in [0.15, 0.2) is 59.6 Å². The fourth-order valence-electron chi connectivity index (χ4n) is 3.45. The Labute approximate surface area is 160 Å². The van der Waals surface area contributed by atoms with Gasteiger partial charge >= 0.3 is 0 Å². The molecule has 0 amide bonds. The molecule has 0 bridgehead atoms. The van der Waals surface area contributed by atoms with Gasteiger partial charge in [-0.05, 0) is 31.2 Å². The molecule has 0 fully saturated rings. The van der Waals surface area contributed by atoms with E-state index in [0.29, 0.717) is 17.1 Å². The Morgan fingerprint density at radius 2 is 1.81 bits per heavy atom. The van der Waals surface area contributed by atoms with Crippen LogP contribution in [0.2, 0.25) is 5.15 Å². The van der Waals surface area contributed by atoms with E-state index in [1.165, 1.54) is 0 Å². The molecule has 1 atom stereocenters. The van der Waals surface area contributed by atoms with E-state index < -0.39 is 6.17 Å². The molecule has 2 aromatic carbocycles. The van der Waals surface area contributed by atoms with Crippen LogP contribution >= 0.6 is 11.6 Å². The van der Waals surface area contributed by atoms with Gasteiger partial charge in [0.05, 0.1) is 28.0 Å². The fraction of sp³-hybridized carbons (Fsp3) is 0.105. The first kappa shape index (κ1) is 15.9. The van der Waals surface area contributed by atoms with Crippen molar-refractivity contribution >= 4 is 34.5 Å². The van der Waals surface area contributed by atoms with Crippen LogP contribution < -0.4 is 11.1 Å². The molecule has 5 rings (SSSR count). The van der Waals surface area contributed by atoms with Gasteiger partial charge in [0.15, 0.2) is 12.1 Å². The molecule has 4 aromatic rings. The second-order valence-corrected chi connectivity index (χ2v) is 6.70. The van der Waals surface area contributed by atoms with Crippen molar-refractivity contribution in [2.75, 3.05) is 5.32 Å². The predicted octanol–water partition coefficient (Wildman–Crippen LogP) is 3.47. The maximum atomic E-state index is 6.77. The first-order chi connectivity index (χ1) is 13.1. The number of guanidine groups is 1. The molecule has 0 aliphatic carbocycles. The summed E-state index contributed by atoms with van der Waals surface area (Å²) in [5.41, 5.74) is 10.3. The number of hydrogen-bond acceptors (Lipinski definition) is 5. The highest BCUT2D eigenvalue weighted by atomic mass is 35.5. The fourth-order valence-corrected chi connectivity index (χ4v) is 3.82. The van der Waals surface area contributed by atoms with E-state index in [-0.39, 0.29) is 0 Å². The standard InChI is InChI=1S/C19H16ClN7/c1-11-15(16(20)27(25-11)12-7-3-2-4-8-12)17-23-18(21)24-19-22-13-9-5-6-10-14(13)26(17)19/h2-10,17H,1H3,(H3,21,22,23,24)/t17-/m0/s1. The highest BCUT2D eigenvalue weighted by molar-refractivity contribution is 6.30. The summed E-state index contributed by atoms with van der Waals surface area (Å²) >= 11 is 6.77. The number of hydrogen-bond donors (Lipinski definition) is 2. The number of rotatable bonds is 2. The number of nitrogens with one attached hydrogen (secondary N) is 1. The average molecular weight is 378 g/mol. The Morgan fingerprint density at radius 3 is 2.63 bits per heavy atom. The lowest BCUT2D eigenvalue weighted by atomic mass is 10.2. The minimum atomic E-state index is -0.446. The Kier molecular flexibility index (Phi) is 3.45. The molecule has 27 heavy (non-hydrogen) atoms. The zero-order valence-corrected chi connectivity index (χ0v) is 15.2. The van der Waals surface area contributed by atoms with Crippen molar-refractivity contribution in [1.29, 1.82) is 0 Å². The van der Waals surface area contributed by atoms with E-state index >= 15 is 0 Å². The second-order valence-electron chi connectivity index (χ2n) is 6.34. The van der Waals surface area contributed by atoms with Gasteiger partial charge in [-0.3, -0.25) is 9.88 Å². The Morgan fingerprint density at radius 1 is 1.07 bits per heavy atom. The Bertz CT molecular complexity index is 1190. The lowest BCUT2D eigenvalue weighted by Gasteiger charge is -2.23. The zero-order valence-electron chi connectivity index (χ0n) is 14.5. The number of nitrogens with zero attached hydrogens (tertiary/aromatic N) is 5. The summed E-state index contributed by atoms with van der Waals surface area (Å²) in [7, 11) is 0. The van der Waals surface area contributed by atoms with Crippen molar-refractivity contribution in [1.82, 2.24) is 19.3 Å². The second kappa shape index (κ2) is 5.85. The average Bonchev–Trinajstić information content (AvgIpc) is 3.18. The summed E-state index contributed by atoms with van der Waals surface area (Å²) in [5, 5.41) is 8.18. The van der Waals surface area contributed by atoms with Crippen LogP contribution in [0.1, 0.15) is 17.4 Å². The van der Waals surface area contributed by atoms with Gasteiger partial charge < -0.3 is 5.73 Å². The topological polar surface area (TPSA) is 86.1 Å². The summed E-state index contributed by atoms with van der Waals surface area (Å²) in [6, 6.07) is 17.6. The molecule has 8 heteroatoms. The predicted molar refractivity (Wildman–Crippen MR) is 106 cm³/mol. The van der Waals surface area contributed by atoms with Crippen LogP contribution in [0.25, 0.3) is 16.7 Å². The zero-order chi connectivity index (χ0) is 18.5. The molecule has 0 unspecified atom stereocenters. The quantitative estimate of drug-likeness (QED) is 0.560. The van der Waals surface area contributed by atoms with Gasteiger partial charge in [-0.15, -0.1) is 0 Å². The van der Waals surface area contributed by atoms with E-state index in [1.54, 1.807) is 4.68 Å². The molecule has 3 N–H and O–H groups in total. The number of fused-ring (bicyclic) bond motifs is 3. The van der Waals surface area contributed by atoms with E-state index in [1.807, 2.05) is 66.1 Å². The number of anilines is 1. The number of nitrogens with two attached hydrogens (primary N) is 1. The summed E-state index contributed by atoms with van der Waals surface area (Å²) in [6.45, 7) is 1.92.